The Labute approximate surface area is 253 Å². The second kappa shape index (κ2) is 13.2. The van der Waals surface area contributed by atoms with Crippen LogP contribution in [-0.2, 0) is 30.8 Å². The second-order valence-electron chi connectivity index (χ2n) is 10.7. The molecule has 222 valence electrons. The fourth-order valence-electron chi connectivity index (χ4n) is 5.46. The number of sulfonamides is 1. The summed E-state index contributed by atoms with van der Waals surface area (Å²) in [6.07, 6.45) is 0.324. The highest BCUT2D eigenvalue weighted by atomic mass is 32.2. The Morgan fingerprint density at radius 1 is 0.860 bits per heavy atom. The molecule has 0 spiro atoms. The molecule has 1 heterocycles. The molecule has 0 fully saturated rings. The average molecular weight is 598 g/mol. The highest BCUT2D eigenvalue weighted by molar-refractivity contribution is 7.89. The Bertz CT molecular complexity index is 1660. The lowest BCUT2D eigenvalue weighted by atomic mass is 9.92. The molecule has 1 aliphatic rings. The fraction of sp³-hybridized carbons (Fsp3) is 0.235. The summed E-state index contributed by atoms with van der Waals surface area (Å²) < 4.78 is 33.8. The maximum atomic E-state index is 13.5. The molecular weight excluding hydrogens is 562 g/mol. The molecule has 1 atom stereocenters. The van der Waals surface area contributed by atoms with Crippen LogP contribution in [0.3, 0.4) is 0 Å². The van der Waals surface area contributed by atoms with Gasteiger partial charge in [0.05, 0.1) is 17.4 Å². The first-order valence-corrected chi connectivity index (χ1v) is 15.7. The van der Waals surface area contributed by atoms with Crippen LogP contribution in [0.4, 0.5) is 17.1 Å². The third kappa shape index (κ3) is 6.96. The number of amides is 1. The molecule has 4 aromatic rings. The van der Waals surface area contributed by atoms with Crippen molar-refractivity contribution in [2.75, 3.05) is 23.4 Å². The molecule has 0 saturated heterocycles. The summed E-state index contributed by atoms with van der Waals surface area (Å²) >= 11 is 0. The van der Waals surface area contributed by atoms with Crippen LogP contribution in [0.15, 0.2) is 114 Å². The van der Waals surface area contributed by atoms with Crippen LogP contribution in [-0.4, -0.2) is 43.8 Å². The number of anilines is 3. The van der Waals surface area contributed by atoms with Crippen LogP contribution < -0.4 is 10.2 Å². The number of nitrogens with one attached hydrogen (secondary N) is 1. The van der Waals surface area contributed by atoms with E-state index in [1.54, 1.807) is 42.5 Å². The smallest absolute Gasteiger partial charge is 0.308 e. The molecule has 5 rings (SSSR count). The highest BCUT2D eigenvalue weighted by Crippen LogP contribution is 2.36. The molecule has 0 saturated carbocycles. The van der Waals surface area contributed by atoms with Crippen molar-refractivity contribution in [3.63, 3.8) is 0 Å². The maximum Gasteiger partial charge on any atom is 0.308 e. The largest absolute Gasteiger partial charge is 0.456 e. The van der Waals surface area contributed by atoms with E-state index in [0.717, 1.165) is 22.5 Å². The Hall–Kier alpha value is -4.47. The van der Waals surface area contributed by atoms with Gasteiger partial charge in [-0.15, -0.1) is 0 Å². The second-order valence-corrected chi connectivity index (χ2v) is 12.5. The number of hydrogen-bond donors (Lipinski definition) is 1. The van der Waals surface area contributed by atoms with E-state index in [9.17, 15) is 18.0 Å². The van der Waals surface area contributed by atoms with E-state index in [4.69, 9.17) is 4.74 Å². The van der Waals surface area contributed by atoms with Crippen LogP contribution >= 0.6 is 0 Å². The topological polar surface area (TPSA) is 96.0 Å². The van der Waals surface area contributed by atoms with Crippen LogP contribution in [0.2, 0.25) is 0 Å². The molecule has 9 heteroatoms. The van der Waals surface area contributed by atoms with Crippen molar-refractivity contribution in [3.05, 3.63) is 120 Å². The molecule has 0 unspecified atom stereocenters. The fourth-order valence-corrected chi connectivity index (χ4v) is 7.08. The quantitative estimate of drug-likeness (QED) is 0.222. The van der Waals surface area contributed by atoms with E-state index in [-0.39, 0.29) is 23.9 Å². The minimum Gasteiger partial charge on any atom is -0.456 e. The van der Waals surface area contributed by atoms with E-state index in [2.05, 4.69) is 24.1 Å². The van der Waals surface area contributed by atoms with Crippen molar-refractivity contribution in [2.45, 2.75) is 43.7 Å². The van der Waals surface area contributed by atoms with Gasteiger partial charge in [-0.25, -0.2) is 8.42 Å². The molecule has 0 bridgehead atoms. The molecule has 1 amide bonds. The van der Waals surface area contributed by atoms with Crippen molar-refractivity contribution in [3.8, 4) is 0 Å². The molecule has 0 aromatic heterocycles. The zero-order valence-electron chi connectivity index (χ0n) is 24.2. The number of para-hydroxylation sites is 1. The Balaban J connectivity index is 1.23. The average Bonchev–Trinajstić information content (AvgIpc) is 3.02. The number of rotatable bonds is 10. The first-order chi connectivity index (χ1) is 20.7. The van der Waals surface area contributed by atoms with Gasteiger partial charge in [0.15, 0.2) is 6.61 Å². The number of carbonyl (C=O) groups is 2. The van der Waals surface area contributed by atoms with Gasteiger partial charge in [0.1, 0.15) is 0 Å². The van der Waals surface area contributed by atoms with Crippen LogP contribution in [0.25, 0.3) is 0 Å². The lowest BCUT2D eigenvalue weighted by Crippen LogP contribution is -2.41. The van der Waals surface area contributed by atoms with Gasteiger partial charge < -0.3 is 15.0 Å². The first kappa shape index (κ1) is 30.0. The van der Waals surface area contributed by atoms with Crippen LogP contribution in [0.5, 0.6) is 0 Å². The highest BCUT2D eigenvalue weighted by Gasteiger charge is 2.37. The summed E-state index contributed by atoms with van der Waals surface area (Å²) in [5, 5.41) is 2.77. The zero-order valence-corrected chi connectivity index (χ0v) is 25.0. The monoisotopic (exact) mass is 597 g/mol. The minimum atomic E-state index is -3.86. The maximum absolute atomic E-state index is 13.5. The summed E-state index contributed by atoms with van der Waals surface area (Å²) in [6.45, 7) is 3.97. The van der Waals surface area contributed by atoms with E-state index < -0.39 is 34.5 Å². The van der Waals surface area contributed by atoms with Crippen molar-refractivity contribution < 1.29 is 22.7 Å². The molecule has 43 heavy (non-hydrogen) atoms. The van der Waals surface area contributed by atoms with Crippen molar-refractivity contribution >= 4 is 39.0 Å². The zero-order chi connectivity index (χ0) is 30.4. The summed E-state index contributed by atoms with van der Waals surface area (Å²) in [4.78, 5) is 28.0. The van der Waals surface area contributed by atoms with Gasteiger partial charge in [0, 0.05) is 29.6 Å². The molecule has 0 radical (unpaired) electrons. The summed E-state index contributed by atoms with van der Waals surface area (Å²) in [5.41, 5.74) is 4.37. The van der Waals surface area contributed by atoms with Gasteiger partial charge in [-0.3, -0.25) is 9.59 Å². The third-order valence-electron chi connectivity index (χ3n) is 7.42. The predicted octanol–water partition coefficient (Wildman–Crippen LogP) is 6.09. The summed E-state index contributed by atoms with van der Waals surface area (Å²) in [6, 6.07) is 32.7. The van der Waals surface area contributed by atoms with Crippen molar-refractivity contribution in [1.29, 1.82) is 0 Å². The standard InChI is InChI=1S/C34H35N3O5S/c1-25(2)37(28-12-5-3-6-13-28)29-19-17-27(18-20-29)35-33(38)24-42-34(39)23-32-31-16-10-9-11-26(31)21-22-36(32)43(40,41)30-14-7-4-8-15-30/h3-20,25,32H,21-24H2,1-2H3,(H,35,38)/t32-/m1/s1. The number of carbonyl (C=O) groups excluding carboxylic acids is 2. The lowest BCUT2D eigenvalue weighted by Gasteiger charge is -2.36. The molecule has 4 aromatic carbocycles. The summed E-state index contributed by atoms with van der Waals surface area (Å²) in [5.74, 6) is -1.14. The van der Waals surface area contributed by atoms with Crippen molar-refractivity contribution in [2.24, 2.45) is 0 Å². The SMILES string of the molecule is CC(C)N(c1ccccc1)c1ccc(NC(=O)COC(=O)C[C@@H]2c3ccccc3CCN2S(=O)(=O)c2ccccc2)cc1. The molecule has 8 nitrogen and oxygen atoms in total. The van der Waals surface area contributed by atoms with Gasteiger partial charge >= 0.3 is 5.97 Å². The van der Waals surface area contributed by atoms with Gasteiger partial charge in [0.25, 0.3) is 5.91 Å². The van der Waals surface area contributed by atoms with Gasteiger partial charge in [-0.1, -0.05) is 60.7 Å². The van der Waals surface area contributed by atoms with Crippen LogP contribution in [0.1, 0.15) is 37.4 Å². The van der Waals surface area contributed by atoms with Crippen LogP contribution in [0, 0.1) is 0 Å². The molecule has 0 aliphatic carbocycles. The molecule has 1 N–H and O–H groups in total. The number of benzene rings is 4. The van der Waals surface area contributed by atoms with Gasteiger partial charge in [-0.2, -0.15) is 4.31 Å². The van der Waals surface area contributed by atoms with Crippen molar-refractivity contribution in [1.82, 2.24) is 4.31 Å². The van der Waals surface area contributed by atoms with E-state index >= 15 is 0 Å². The number of esters is 1. The molecular formula is C34H35N3O5S. The Kier molecular flexibility index (Phi) is 9.23. The minimum absolute atomic E-state index is 0.165. The van der Waals surface area contributed by atoms with E-state index in [1.165, 1.54) is 4.31 Å². The Morgan fingerprint density at radius 3 is 2.14 bits per heavy atom. The Morgan fingerprint density at radius 2 is 1.47 bits per heavy atom. The lowest BCUT2D eigenvalue weighted by molar-refractivity contribution is -0.148. The number of ether oxygens (including phenoxy) is 1. The van der Waals surface area contributed by atoms with E-state index in [0.29, 0.717) is 12.1 Å². The molecule has 1 aliphatic heterocycles. The van der Waals surface area contributed by atoms with Gasteiger partial charge in [0.2, 0.25) is 10.0 Å². The first-order valence-electron chi connectivity index (χ1n) is 14.3. The predicted molar refractivity (Wildman–Crippen MR) is 168 cm³/mol. The normalized spacial score (nSPS) is 15.0. The van der Waals surface area contributed by atoms with Gasteiger partial charge in [-0.05, 0) is 79.9 Å². The third-order valence-corrected chi connectivity index (χ3v) is 9.34. The summed E-state index contributed by atoms with van der Waals surface area (Å²) in [7, 11) is -3.86. The number of fused-ring (bicyclic) bond motifs is 1. The number of nitrogens with zero attached hydrogens (tertiary/aromatic N) is 2. The number of hydrogen-bond acceptors (Lipinski definition) is 6. The van der Waals surface area contributed by atoms with E-state index in [1.807, 2.05) is 66.7 Å².